The average molecular weight is 391 g/mol. The molecule has 1 aliphatic rings. The molecule has 1 aromatic heterocycles. The maximum Gasteiger partial charge on any atom is 0.238 e. The van der Waals surface area contributed by atoms with Crippen molar-refractivity contribution < 1.29 is 14.1 Å². The topological polar surface area (TPSA) is 87.5 Å². The molecule has 1 aromatic rings. The Morgan fingerprint density at radius 3 is 2.88 bits per heavy atom. The van der Waals surface area contributed by atoms with Crippen molar-refractivity contribution in [3.05, 3.63) is 11.8 Å². The molecular formula is C16H27ClN4O3S. The van der Waals surface area contributed by atoms with Gasteiger partial charge in [0.25, 0.3) is 0 Å². The molecule has 2 rings (SSSR count). The molecule has 1 saturated heterocycles. The molecule has 9 heteroatoms. The molecule has 0 aromatic carbocycles. The number of rotatable bonds is 8. The number of aryl methyl sites for hydroxylation is 1. The van der Waals surface area contributed by atoms with Crippen LogP contribution in [0.4, 0.5) is 5.82 Å². The van der Waals surface area contributed by atoms with Gasteiger partial charge in [-0.2, -0.15) is 0 Å². The number of nitrogens with one attached hydrogen (secondary N) is 2. The molecule has 0 aliphatic carbocycles. The van der Waals surface area contributed by atoms with Gasteiger partial charge in [-0.05, 0) is 33.2 Å². The highest BCUT2D eigenvalue weighted by atomic mass is 35.5. The SMILES string of the molecule is CCCN(C(=O)CSC(C)C(=O)Nc1cc(C)on1)C1CCNC1.Cl. The van der Waals surface area contributed by atoms with E-state index in [9.17, 15) is 9.59 Å². The number of amides is 2. The number of halogens is 1. The van der Waals surface area contributed by atoms with Gasteiger partial charge < -0.3 is 20.1 Å². The summed E-state index contributed by atoms with van der Waals surface area (Å²) in [4.78, 5) is 26.6. The fraction of sp³-hybridized carbons (Fsp3) is 0.688. The van der Waals surface area contributed by atoms with Crippen LogP contribution in [-0.2, 0) is 9.59 Å². The summed E-state index contributed by atoms with van der Waals surface area (Å²) in [7, 11) is 0. The van der Waals surface area contributed by atoms with Crippen LogP contribution in [0.5, 0.6) is 0 Å². The fourth-order valence-corrected chi connectivity index (χ4v) is 3.43. The van der Waals surface area contributed by atoms with E-state index < -0.39 is 0 Å². The molecule has 2 unspecified atom stereocenters. The minimum atomic E-state index is -0.337. The lowest BCUT2D eigenvalue weighted by Gasteiger charge is -2.28. The molecule has 2 amide bonds. The Hall–Kier alpha value is -1.25. The first kappa shape index (κ1) is 21.8. The summed E-state index contributed by atoms with van der Waals surface area (Å²) in [6, 6.07) is 1.94. The molecule has 0 spiro atoms. The summed E-state index contributed by atoms with van der Waals surface area (Å²) in [6.07, 6.45) is 1.94. The van der Waals surface area contributed by atoms with Gasteiger partial charge in [-0.15, -0.1) is 24.2 Å². The lowest BCUT2D eigenvalue weighted by molar-refractivity contribution is -0.130. The first-order chi connectivity index (χ1) is 11.5. The first-order valence-corrected chi connectivity index (χ1v) is 9.42. The molecule has 0 bridgehead atoms. The molecule has 7 nitrogen and oxygen atoms in total. The van der Waals surface area contributed by atoms with E-state index in [1.807, 2.05) is 4.90 Å². The molecule has 2 heterocycles. The number of anilines is 1. The lowest BCUT2D eigenvalue weighted by atomic mass is 10.2. The third kappa shape index (κ3) is 6.52. The van der Waals surface area contributed by atoms with Gasteiger partial charge in [0.15, 0.2) is 5.82 Å². The molecule has 2 N–H and O–H groups in total. The zero-order valence-electron chi connectivity index (χ0n) is 14.9. The summed E-state index contributed by atoms with van der Waals surface area (Å²) >= 11 is 1.35. The quantitative estimate of drug-likeness (QED) is 0.706. The van der Waals surface area contributed by atoms with Crippen molar-refractivity contribution in [2.75, 3.05) is 30.7 Å². The van der Waals surface area contributed by atoms with Crippen molar-refractivity contribution in [3.63, 3.8) is 0 Å². The third-order valence-corrected chi connectivity index (χ3v) is 5.09. The number of aromatic nitrogens is 1. The zero-order chi connectivity index (χ0) is 17.5. The molecule has 0 saturated carbocycles. The van der Waals surface area contributed by atoms with Crippen molar-refractivity contribution >= 4 is 41.8 Å². The smallest absolute Gasteiger partial charge is 0.238 e. The largest absolute Gasteiger partial charge is 0.360 e. The summed E-state index contributed by atoms with van der Waals surface area (Å²) in [5, 5.41) is 9.40. The molecule has 1 aliphatic heterocycles. The van der Waals surface area contributed by atoms with Crippen LogP contribution in [-0.4, -0.2) is 58.5 Å². The highest BCUT2D eigenvalue weighted by Gasteiger charge is 2.26. The van der Waals surface area contributed by atoms with Gasteiger partial charge in [0.2, 0.25) is 11.8 Å². The van der Waals surface area contributed by atoms with Crippen LogP contribution in [0.3, 0.4) is 0 Å². The van der Waals surface area contributed by atoms with Crippen molar-refractivity contribution in [3.8, 4) is 0 Å². The minimum Gasteiger partial charge on any atom is -0.360 e. The second kappa shape index (κ2) is 10.7. The molecule has 142 valence electrons. The van der Waals surface area contributed by atoms with Crippen LogP contribution in [0.1, 0.15) is 32.4 Å². The van der Waals surface area contributed by atoms with E-state index in [-0.39, 0.29) is 35.5 Å². The van der Waals surface area contributed by atoms with Gasteiger partial charge in [-0.25, -0.2) is 0 Å². The predicted octanol–water partition coefficient (Wildman–Crippen LogP) is 2.07. The summed E-state index contributed by atoms with van der Waals surface area (Å²) in [5.41, 5.74) is 0. The molecule has 25 heavy (non-hydrogen) atoms. The summed E-state index contributed by atoms with van der Waals surface area (Å²) in [6.45, 7) is 8.22. The van der Waals surface area contributed by atoms with E-state index in [4.69, 9.17) is 4.52 Å². The Labute approximate surface area is 159 Å². The molecule has 0 radical (unpaired) electrons. The molecular weight excluding hydrogens is 364 g/mol. The Balaban J connectivity index is 0.00000312. The number of hydrogen-bond donors (Lipinski definition) is 2. The van der Waals surface area contributed by atoms with Crippen LogP contribution in [0.25, 0.3) is 0 Å². The van der Waals surface area contributed by atoms with Gasteiger partial charge in [-0.3, -0.25) is 9.59 Å². The van der Waals surface area contributed by atoms with Gasteiger partial charge in [0, 0.05) is 25.2 Å². The Morgan fingerprint density at radius 2 is 2.32 bits per heavy atom. The normalized spacial score (nSPS) is 17.6. The summed E-state index contributed by atoms with van der Waals surface area (Å²) in [5.74, 6) is 1.28. The Kier molecular flexibility index (Phi) is 9.31. The van der Waals surface area contributed by atoms with Crippen LogP contribution in [0.15, 0.2) is 10.6 Å². The van der Waals surface area contributed by atoms with E-state index >= 15 is 0 Å². The highest BCUT2D eigenvalue weighted by Crippen LogP contribution is 2.17. The maximum atomic E-state index is 12.5. The highest BCUT2D eigenvalue weighted by molar-refractivity contribution is 8.01. The second-order valence-corrected chi connectivity index (χ2v) is 7.33. The molecule has 1 fully saturated rings. The van der Waals surface area contributed by atoms with Gasteiger partial charge >= 0.3 is 0 Å². The minimum absolute atomic E-state index is 0. The van der Waals surface area contributed by atoms with Crippen LogP contribution >= 0.6 is 24.2 Å². The summed E-state index contributed by atoms with van der Waals surface area (Å²) < 4.78 is 4.92. The van der Waals surface area contributed by atoms with Gasteiger partial charge in [0.05, 0.1) is 11.0 Å². The van der Waals surface area contributed by atoms with Crippen molar-refractivity contribution in [1.82, 2.24) is 15.4 Å². The van der Waals surface area contributed by atoms with Crippen LogP contribution in [0, 0.1) is 6.92 Å². The van der Waals surface area contributed by atoms with Gasteiger partial charge in [-0.1, -0.05) is 12.1 Å². The van der Waals surface area contributed by atoms with Crippen LogP contribution < -0.4 is 10.6 Å². The number of nitrogens with zero attached hydrogens (tertiary/aromatic N) is 2. The van der Waals surface area contributed by atoms with Crippen molar-refractivity contribution in [2.24, 2.45) is 0 Å². The number of hydrogen-bond acceptors (Lipinski definition) is 6. The number of carbonyl (C=O) groups excluding carboxylic acids is 2. The van der Waals surface area contributed by atoms with E-state index in [1.54, 1.807) is 19.9 Å². The Morgan fingerprint density at radius 1 is 1.56 bits per heavy atom. The molecule has 2 atom stereocenters. The zero-order valence-corrected chi connectivity index (χ0v) is 16.5. The van der Waals surface area contributed by atoms with E-state index in [2.05, 4.69) is 22.7 Å². The number of thioether (sulfide) groups is 1. The van der Waals surface area contributed by atoms with Crippen molar-refractivity contribution in [2.45, 2.75) is 44.9 Å². The first-order valence-electron chi connectivity index (χ1n) is 8.37. The maximum absolute atomic E-state index is 12.5. The standard InChI is InChI=1S/C16H26N4O3S.ClH/c1-4-7-20(13-5-6-17-9-13)15(21)10-24-12(3)16(22)18-14-8-11(2)23-19-14;/h8,12-13,17H,4-7,9-10H2,1-3H3,(H,18,19,22);1H. The van der Waals surface area contributed by atoms with E-state index in [0.717, 1.165) is 32.5 Å². The average Bonchev–Trinajstić information content (AvgIpc) is 3.21. The fourth-order valence-electron chi connectivity index (χ4n) is 2.67. The Bertz CT molecular complexity index is 563. The van der Waals surface area contributed by atoms with Crippen LogP contribution in [0.2, 0.25) is 0 Å². The third-order valence-electron chi connectivity index (χ3n) is 3.97. The van der Waals surface area contributed by atoms with E-state index in [0.29, 0.717) is 17.3 Å². The lowest BCUT2D eigenvalue weighted by Crippen LogP contribution is -2.43. The number of carbonyl (C=O) groups is 2. The second-order valence-electron chi connectivity index (χ2n) is 6.00. The van der Waals surface area contributed by atoms with E-state index in [1.165, 1.54) is 11.8 Å². The van der Waals surface area contributed by atoms with Gasteiger partial charge in [0.1, 0.15) is 5.76 Å². The predicted molar refractivity (Wildman–Crippen MR) is 102 cm³/mol. The van der Waals surface area contributed by atoms with Crippen molar-refractivity contribution in [1.29, 1.82) is 0 Å². The monoisotopic (exact) mass is 390 g/mol.